The van der Waals surface area contributed by atoms with Crippen LogP contribution in [0.1, 0.15) is 174 Å². The maximum Gasteiger partial charge on any atom is 0.306 e. The van der Waals surface area contributed by atoms with Gasteiger partial charge in [0.25, 0.3) is 0 Å². The summed E-state index contributed by atoms with van der Waals surface area (Å²) in [4.78, 5) is 37.1. The molecule has 0 rings (SSSR count). The minimum Gasteiger partial charge on any atom is -0.545 e. The number of unbranched alkanes of at least 4 members (excludes halogenated alkanes) is 9. The van der Waals surface area contributed by atoms with Crippen LogP contribution in [-0.4, -0.2) is 82.3 Å². The van der Waals surface area contributed by atoms with E-state index in [2.05, 4.69) is 160 Å². The summed E-state index contributed by atoms with van der Waals surface area (Å²) < 4.78 is 22.5. The first-order valence-corrected chi connectivity index (χ1v) is 27.5. The van der Waals surface area contributed by atoms with E-state index in [1.165, 1.54) is 12.8 Å². The Balaban J connectivity index is 4.39. The van der Waals surface area contributed by atoms with Crippen LogP contribution in [0.5, 0.6) is 0 Å². The van der Waals surface area contributed by atoms with E-state index in [0.29, 0.717) is 23.9 Å². The largest absolute Gasteiger partial charge is 0.545 e. The molecule has 72 heavy (non-hydrogen) atoms. The fourth-order valence-electron chi connectivity index (χ4n) is 6.58. The molecule has 0 aromatic rings. The van der Waals surface area contributed by atoms with Crippen LogP contribution in [0.3, 0.4) is 0 Å². The van der Waals surface area contributed by atoms with Crippen LogP contribution in [0.4, 0.5) is 0 Å². The topological polar surface area (TPSA) is 111 Å². The van der Waals surface area contributed by atoms with Crippen molar-refractivity contribution in [3.05, 3.63) is 146 Å². The molecule has 0 aliphatic heterocycles. The van der Waals surface area contributed by atoms with Gasteiger partial charge in [-0.05, 0) is 116 Å². The average molecular weight is 998 g/mol. The number of esters is 2. The molecule has 0 radical (unpaired) electrons. The number of hydrogen-bond acceptors (Lipinski definition) is 8. The van der Waals surface area contributed by atoms with Crippen molar-refractivity contribution in [2.24, 2.45) is 0 Å². The van der Waals surface area contributed by atoms with Gasteiger partial charge in [0.15, 0.2) is 12.4 Å². The van der Waals surface area contributed by atoms with E-state index in [-0.39, 0.29) is 32.7 Å². The van der Waals surface area contributed by atoms with Crippen LogP contribution in [0.2, 0.25) is 0 Å². The lowest BCUT2D eigenvalue weighted by atomic mass is 10.1. The van der Waals surface area contributed by atoms with Crippen LogP contribution in [0, 0.1) is 0 Å². The van der Waals surface area contributed by atoms with Gasteiger partial charge in [0.2, 0.25) is 0 Å². The van der Waals surface area contributed by atoms with Crippen molar-refractivity contribution in [3.63, 3.8) is 0 Å². The van der Waals surface area contributed by atoms with Crippen molar-refractivity contribution in [2.75, 3.05) is 47.5 Å². The number of carbonyl (C=O) groups excluding carboxylic acids is 3. The van der Waals surface area contributed by atoms with Crippen molar-refractivity contribution < 1.29 is 42.9 Å². The minimum atomic E-state index is -1.65. The highest BCUT2D eigenvalue weighted by atomic mass is 16.7. The Bertz CT molecular complexity index is 1680. The summed E-state index contributed by atoms with van der Waals surface area (Å²) in [5.41, 5.74) is 0. The molecule has 0 spiro atoms. The Morgan fingerprint density at radius 2 is 0.792 bits per heavy atom. The molecule has 0 aliphatic carbocycles. The molecule has 0 aromatic heterocycles. The van der Waals surface area contributed by atoms with Gasteiger partial charge < -0.3 is 33.3 Å². The van der Waals surface area contributed by atoms with Crippen LogP contribution in [0.25, 0.3) is 0 Å². The fourth-order valence-corrected chi connectivity index (χ4v) is 6.58. The zero-order chi connectivity index (χ0) is 52.7. The van der Waals surface area contributed by atoms with Gasteiger partial charge in [0, 0.05) is 12.8 Å². The van der Waals surface area contributed by atoms with Gasteiger partial charge >= 0.3 is 11.9 Å². The van der Waals surface area contributed by atoms with Crippen LogP contribution in [-0.2, 0) is 33.3 Å². The van der Waals surface area contributed by atoms with Gasteiger partial charge in [0.1, 0.15) is 13.2 Å². The Hall–Kier alpha value is -4.83. The number of rotatable bonds is 48. The normalized spacial score (nSPS) is 14.0. The number of carboxylic acids is 1. The third-order valence-electron chi connectivity index (χ3n) is 10.8. The standard InChI is InChI=1S/C63H99NO8/c1-6-8-10-12-14-16-18-20-22-23-24-25-26-27-28-29-30-31-32-33-34-35-36-37-38-39-40-42-44-46-48-50-52-54-61(66)72-59(58-71-63(62(67)68)69-56-55-64(3,4)5)57-70-60(65)53-51-49-47-45-43-41-21-19-17-15-13-11-9-7-2/h8,10,13-16,19-22,24-25,27-28,30-31,33-34,36-37,39-40,44,46,59,63H,6-7,9,11-12,17-18,23,26,29,32,35,38,41-43,45,47-58H2,1-5H3/b10-8-,15-13-,16-14-,21-19-,22-20-,25-24-,28-27-,31-30-,34-33-,37-36-,40-39-,46-44-. The molecular formula is C63H99NO8. The molecule has 0 saturated heterocycles. The lowest BCUT2D eigenvalue weighted by Crippen LogP contribution is -2.44. The summed E-state index contributed by atoms with van der Waals surface area (Å²) in [5.74, 6) is -2.39. The van der Waals surface area contributed by atoms with E-state index in [9.17, 15) is 19.5 Å². The zero-order valence-corrected chi connectivity index (χ0v) is 45.7. The van der Waals surface area contributed by atoms with E-state index in [1.54, 1.807) is 0 Å². The van der Waals surface area contributed by atoms with Crippen molar-refractivity contribution >= 4 is 17.9 Å². The molecule has 0 heterocycles. The van der Waals surface area contributed by atoms with Crippen molar-refractivity contribution in [1.82, 2.24) is 0 Å². The van der Waals surface area contributed by atoms with E-state index in [4.69, 9.17) is 18.9 Å². The summed E-state index contributed by atoms with van der Waals surface area (Å²) in [5, 5.41) is 11.7. The van der Waals surface area contributed by atoms with Gasteiger partial charge in [-0.1, -0.05) is 192 Å². The number of quaternary nitrogens is 1. The Kier molecular flexibility index (Phi) is 49.0. The third kappa shape index (κ3) is 53.0. The SMILES string of the molecule is CC/C=C\C/C=C\C/C=C\C/C=C\C/C=C\C/C=C\C/C=C\C/C=C\C/C=C\C/C=C\CCCCC(=O)OC(COC(=O)CCCCCCC/C=C\C/C=C\CCCC)COC(OCC[N+](C)(C)C)C(=O)[O-]. The smallest absolute Gasteiger partial charge is 0.306 e. The lowest BCUT2D eigenvalue weighted by molar-refractivity contribution is -0.870. The lowest BCUT2D eigenvalue weighted by Gasteiger charge is -2.26. The summed E-state index contributed by atoms with van der Waals surface area (Å²) >= 11 is 0. The average Bonchev–Trinajstić information content (AvgIpc) is 3.35. The summed E-state index contributed by atoms with van der Waals surface area (Å²) in [6.45, 7) is 4.48. The molecule has 0 amide bonds. The highest BCUT2D eigenvalue weighted by Gasteiger charge is 2.21. The van der Waals surface area contributed by atoms with Gasteiger partial charge in [-0.25, -0.2) is 0 Å². The first-order chi connectivity index (χ1) is 35.1. The Labute approximate surface area is 439 Å². The first kappa shape index (κ1) is 67.2. The van der Waals surface area contributed by atoms with Crippen molar-refractivity contribution in [1.29, 1.82) is 0 Å². The van der Waals surface area contributed by atoms with Gasteiger partial charge in [-0.15, -0.1) is 0 Å². The number of aliphatic carboxylic acids is 1. The number of carbonyl (C=O) groups is 3. The van der Waals surface area contributed by atoms with Crippen molar-refractivity contribution in [2.45, 2.75) is 187 Å². The summed E-state index contributed by atoms with van der Waals surface area (Å²) in [7, 11) is 5.88. The molecular weight excluding hydrogens is 899 g/mol. The fraction of sp³-hybridized carbons (Fsp3) is 0.571. The quantitative estimate of drug-likeness (QED) is 0.0195. The van der Waals surface area contributed by atoms with Crippen LogP contribution in [0.15, 0.2) is 146 Å². The minimum absolute atomic E-state index is 0.128. The second-order valence-corrected chi connectivity index (χ2v) is 18.8. The Morgan fingerprint density at radius 1 is 0.431 bits per heavy atom. The second-order valence-electron chi connectivity index (χ2n) is 18.8. The number of ether oxygens (including phenoxy) is 4. The van der Waals surface area contributed by atoms with Gasteiger partial charge in [-0.3, -0.25) is 9.59 Å². The summed E-state index contributed by atoms with van der Waals surface area (Å²) in [6.07, 6.45) is 73.3. The predicted octanol–water partition coefficient (Wildman–Crippen LogP) is 14.7. The maximum atomic E-state index is 12.8. The second kappa shape index (κ2) is 52.5. The van der Waals surface area contributed by atoms with Gasteiger partial charge in [-0.2, -0.15) is 0 Å². The number of carboxylic acid groups (broad SMARTS) is 1. The van der Waals surface area contributed by atoms with E-state index >= 15 is 0 Å². The third-order valence-corrected chi connectivity index (χ3v) is 10.8. The molecule has 0 aromatic carbocycles. The van der Waals surface area contributed by atoms with E-state index in [1.807, 2.05) is 21.1 Å². The molecule has 0 aliphatic rings. The molecule has 404 valence electrons. The molecule has 0 saturated carbocycles. The molecule has 0 bridgehead atoms. The van der Waals surface area contributed by atoms with Gasteiger partial charge in [0.05, 0.1) is 40.3 Å². The predicted molar refractivity (Wildman–Crippen MR) is 301 cm³/mol. The molecule has 2 atom stereocenters. The highest BCUT2D eigenvalue weighted by molar-refractivity contribution is 5.70. The van der Waals surface area contributed by atoms with E-state index < -0.39 is 30.3 Å². The molecule has 9 heteroatoms. The van der Waals surface area contributed by atoms with Crippen molar-refractivity contribution in [3.8, 4) is 0 Å². The number of hydrogen-bond donors (Lipinski definition) is 0. The zero-order valence-electron chi connectivity index (χ0n) is 45.7. The van der Waals surface area contributed by atoms with Crippen LogP contribution < -0.4 is 5.11 Å². The van der Waals surface area contributed by atoms with Crippen LogP contribution >= 0.6 is 0 Å². The number of allylic oxidation sites excluding steroid dienone is 24. The highest BCUT2D eigenvalue weighted by Crippen LogP contribution is 2.11. The molecule has 0 N–H and O–H groups in total. The Morgan fingerprint density at radius 3 is 1.21 bits per heavy atom. The van der Waals surface area contributed by atoms with E-state index in [0.717, 1.165) is 122 Å². The summed E-state index contributed by atoms with van der Waals surface area (Å²) in [6, 6.07) is 0. The maximum absolute atomic E-state index is 12.8. The molecule has 0 fully saturated rings. The number of likely N-dealkylation sites (N-methyl/N-ethyl adjacent to an activating group) is 1. The molecule has 9 nitrogen and oxygen atoms in total. The first-order valence-electron chi connectivity index (χ1n) is 27.5. The number of nitrogens with zero attached hydrogens (tertiary/aromatic N) is 1. The monoisotopic (exact) mass is 998 g/mol. The molecule has 2 unspecified atom stereocenters.